The molecule has 0 amide bonds. The Morgan fingerprint density at radius 1 is 1.47 bits per heavy atom. The lowest BCUT2D eigenvalue weighted by Gasteiger charge is -2.08. The van der Waals surface area contributed by atoms with Gasteiger partial charge in [0.1, 0.15) is 0 Å². The summed E-state index contributed by atoms with van der Waals surface area (Å²) in [7, 11) is 0.387. The summed E-state index contributed by atoms with van der Waals surface area (Å²) in [5, 5.41) is 0. The van der Waals surface area contributed by atoms with Crippen LogP contribution in [0.1, 0.15) is 20.3 Å². The van der Waals surface area contributed by atoms with E-state index in [0.717, 1.165) is 6.42 Å². The molecule has 0 fully saturated rings. The van der Waals surface area contributed by atoms with Crippen molar-refractivity contribution in [3.63, 3.8) is 0 Å². The maximum absolute atomic E-state index is 11.5. The molecule has 5 heteroatoms. The quantitative estimate of drug-likeness (QED) is 0.465. The zero-order chi connectivity index (χ0) is 11.7. The standard InChI is InChI=1S/C10H20O4S/c1-4-14-6-5-7-15(12)8-9(2)10(11)13-3/h9H,4-8H2,1-3H3. The number of carbonyl (C=O) groups excluding carboxylic acids is 1. The van der Waals surface area contributed by atoms with Crippen LogP contribution in [-0.4, -0.2) is 42.0 Å². The normalized spacial score (nSPS) is 14.6. The van der Waals surface area contributed by atoms with Gasteiger partial charge in [0.15, 0.2) is 0 Å². The molecule has 2 atom stereocenters. The molecule has 0 rings (SSSR count). The molecule has 0 N–H and O–H groups in total. The molecule has 0 saturated carbocycles. The van der Waals surface area contributed by atoms with Gasteiger partial charge in [-0.3, -0.25) is 9.00 Å². The Balaban J connectivity index is 3.60. The van der Waals surface area contributed by atoms with Crippen molar-refractivity contribution in [3.8, 4) is 0 Å². The number of ether oxygens (including phenoxy) is 2. The van der Waals surface area contributed by atoms with Crippen LogP contribution in [0.15, 0.2) is 0 Å². The molecule has 2 unspecified atom stereocenters. The van der Waals surface area contributed by atoms with Gasteiger partial charge in [0.25, 0.3) is 0 Å². The molecule has 0 aromatic rings. The van der Waals surface area contributed by atoms with Crippen molar-refractivity contribution in [3.05, 3.63) is 0 Å². The Morgan fingerprint density at radius 3 is 2.67 bits per heavy atom. The highest BCUT2D eigenvalue weighted by Crippen LogP contribution is 2.02. The first-order valence-electron chi connectivity index (χ1n) is 5.12. The van der Waals surface area contributed by atoms with Crippen molar-refractivity contribution >= 4 is 16.8 Å². The van der Waals surface area contributed by atoms with E-state index < -0.39 is 10.8 Å². The van der Waals surface area contributed by atoms with Crippen LogP contribution in [0, 0.1) is 5.92 Å². The van der Waals surface area contributed by atoms with Gasteiger partial charge >= 0.3 is 5.97 Å². The number of rotatable bonds is 8. The maximum Gasteiger partial charge on any atom is 0.309 e. The van der Waals surface area contributed by atoms with Crippen LogP contribution in [0.2, 0.25) is 0 Å². The molecule has 0 radical (unpaired) electrons. The minimum atomic E-state index is -0.957. The summed E-state index contributed by atoms with van der Waals surface area (Å²) in [6.07, 6.45) is 0.772. The Bertz CT molecular complexity index is 206. The topological polar surface area (TPSA) is 52.6 Å². The van der Waals surface area contributed by atoms with Crippen LogP contribution in [0.25, 0.3) is 0 Å². The Kier molecular flexibility index (Phi) is 8.61. The van der Waals surface area contributed by atoms with E-state index in [0.29, 0.717) is 24.7 Å². The molecular formula is C10H20O4S. The second-order valence-corrected chi connectivity index (χ2v) is 4.91. The predicted molar refractivity (Wildman–Crippen MR) is 60.2 cm³/mol. The van der Waals surface area contributed by atoms with Gasteiger partial charge in [0.05, 0.1) is 13.0 Å². The molecule has 0 aromatic carbocycles. The molecule has 0 aromatic heterocycles. The van der Waals surface area contributed by atoms with Crippen molar-refractivity contribution in [2.45, 2.75) is 20.3 Å². The fourth-order valence-electron chi connectivity index (χ4n) is 1.10. The number of hydrogen-bond acceptors (Lipinski definition) is 4. The SMILES string of the molecule is CCOCCCS(=O)CC(C)C(=O)OC. The second kappa shape index (κ2) is 8.85. The van der Waals surface area contributed by atoms with Gasteiger partial charge in [-0.1, -0.05) is 6.92 Å². The van der Waals surface area contributed by atoms with E-state index in [-0.39, 0.29) is 11.9 Å². The van der Waals surface area contributed by atoms with Crippen molar-refractivity contribution < 1.29 is 18.5 Å². The van der Waals surface area contributed by atoms with Gasteiger partial charge in [-0.15, -0.1) is 0 Å². The molecule has 0 spiro atoms. The summed E-state index contributed by atoms with van der Waals surface area (Å²) in [5.41, 5.74) is 0. The summed E-state index contributed by atoms with van der Waals surface area (Å²) in [4.78, 5) is 11.0. The first-order chi connectivity index (χ1) is 7.11. The Morgan fingerprint density at radius 2 is 2.13 bits per heavy atom. The predicted octanol–water partition coefficient (Wildman–Crippen LogP) is 0.971. The first-order valence-corrected chi connectivity index (χ1v) is 6.61. The van der Waals surface area contributed by atoms with Crippen LogP contribution in [-0.2, 0) is 25.1 Å². The maximum atomic E-state index is 11.5. The summed E-state index contributed by atoms with van der Waals surface area (Å²) < 4.78 is 21.2. The van der Waals surface area contributed by atoms with Gasteiger partial charge in [-0.2, -0.15) is 0 Å². The summed E-state index contributed by atoms with van der Waals surface area (Å²) in [6, 6.07) is 0. The minimum Gasteiger partial charge on any atom is -0.469 e. The van der Waals surface area contributed by atoms with E-state index in [4.69, 9.17) is 4.74 Å². The Labute approximate surface area is 93.8 Å². The van der Waals surface area contributed by atoms with Crippen LogP contribution in [0.4, 0.5) is 0 Å². The average molecular weight is 236 g/mol. The van der Waals surface area contributed by atoms with Gasteiger partial charge in [0, 0.05) is 35.5 Å². The molecule has 0 aliphatic carbocycles. The molecule has 15 heavy (non-hydrogen) atoms. The minimum absolute atomic E-state index is 0.289. The van der Waals surface area contributed by atoms with Crippen LogP contribution < -0.4 is 0 Å². The number of esters is 1. The lowest BCUT2D eigenvalue weighted by molar-refractivity contribution is -0.144. The van der Waals surface area contributed by atoms with E-state index >= 15 is 0 Å². The third-order valence-electron chi connectivity index (χ3n) is 1.90. The number of methoxy groups -OCH3 is 1. The molecular weight excluding hydrogens is 216 g/mol. The monoisotopic (exact) mass is 236 g/mol. The van der Waals surface area contributed by atoms with E-state index in [1.807, 2.05) is 6.92 Å². The van der Waals surface area contributed by atoms with Crippen LogP contribution in [0.5, 0.6) is 0 Å². The molecule has 0 aliphatic heterocycles. The smallest absolute Gasteiger partial charge is 0.309 e. The van der Waals surface area contributed by atoms with Gasteiger partial charge in [0.2, 0.25) is 0 Å². The van der Waals surface area contributed by atoms with E-state index in [9.17, 15) is 9.00 Å². The highest BCUT2D eigenvalue weighted by molar-refractivity contribution is 7.85. The Hall–Kier alpha value is -0.420. The van der Waals surface area contributed by atoms with E-state index in [2.05, 4.69) is 4.74 Å². The van der Waals surface area contributed by atoms with Crippen molar-refractivity contribution in [1.82, 2.24) is 0 Å². The number of carbonyl (C=O) groups is 1. The van der Waals surface area contributed by atoms with Gasteiger partial charge < -0.3 is 9.47 Å². The van der Waals surface area contributed by atoms with Crippen molar-refractivity contribution in [1.29, 1.82) is 0 Å². The zero-order valence-electron chi connectivity index (χ0n) is 9.65. The van der Waals surface area contributed by atoms with Crippen LogP contribution in [0.3, 0.4) is 0 Å². The van der Waals surface area contributed by atoms with Gasteiger partial charge in [-0.25, -0.2) is 0 Å². The first kappa shape index (κ1) is 14.6. The summed E-state index contributed by atoms with van der Waals surface area (Å²) >= 11 is 0. The largest absolute Gasteiger partial charge is 0.469 e. The lowest BCUT2D eigenvalue weighted by Crippen LogP contribution is -2.20. The fourth-order valence-corrected chi connectivity index (χ4v) is 2.40. The molecule has 90 valence electrons. The molecule has 0 bridgehead atoms. The second-order valence-electron chi connectivity index (χ2n) is 3.29. The number of hydrogen-bond donors (Lipinski definition) is 0. The highest BCUT2D eigenvalue weighted by Gasteiger charge is 2.15. The van der Waals surface area contributed by atoms with Gasteiger partial charge in [-0.05, 0) is 13.3 Å². The van der Waals surface area contributed by atoms with Crippen molar-refractivity contribution in [2.24, 2.45) is 5.92 Å². The van der Waals surface area contributed by atoms with Crippen molar-refractivity contribution in [2.75, 3.05) is 31.8 Å². The lowest BCUT2D eigenvalue weighted by atomic mass is 10.2. The molecule has 0 saturated heterocycles. The highest BCUT2D eigenvalue weighted by atomic mass is 32.2. The third kappa shape index (κ3) is 7.50. The van der Waals surface area contributed by atoms with Crippen LogP contribution >= 0.6 is 0 Å². The average Bonchev–Trinajstić information content (AvgIpc) is 2.23. The van der Waals surface area contributed by atoms with E-state index in [1.165, 1.54) is 7.11 Å². The fraction of sp³-hybridized carbons (Fsp3) is 0.900. The molecule has 4 nitrogen and oxygen atoms in total. The zero-order valence-corrected chi connectivity index (χ0v) is 10.5. The van der Waals surface area contributed by atoms with E-state index in [1.54, 1.807) is 6.92 Å². The summed E-state index contributed by atoms with van der Waals surface area (Å²) in [5.74, 6) is 0.372. The third-order valence-corrected chi connectivity index (χ3v) is 3.52. The molecule has 0 heterocycles. The summed E-state index contributed by atoms with van der Waals surface area (Å²) in [6.45, 7) is 4.97. The molecule has 0 aliphatic rings.